The predicted molar refractivity (Wildman–Crippen MR) is 88.9 cm³/mol. The van der Waals surface area contributed by atoms with E-state index in [2.05, 4.69) is 34.5 Å². The Balaban J connectivity index is 1.47. The van der Waals surface area contributed by atoms with E-state index >= 15 is 0 Å². The van der Waals surface area contributed by atoms with Gasteiger partial charge in [-0.25, -0.2) is 0 Å². The number of hydrogen-bond donors (Lipinski definition) is 1. The number of hydrogen-bond acceptors (Lipinski definition) is 4. The summed E-state index contributed by atoms with van der Waals surface area (Å²) in [5, 5.41) is 3.21. The molecule has 0 aliphatic carbocycles. The van der Waals surface area contributed by atoms with Crippen molar-refractivity contribution in [1.82, 2.24) is 15.1 Å². The summed E-state index contributed by atoms with van der Waals surface area (Å²) in [6.45, 7) is 6.55. The molecule has 2 aliphatic rings. The molecule has 2 fully saturated rings. The first-order valence-electron chi connectivity index (χ1n) is 8.42. The van der Waals surface area contributed by atoms with Crippen LogP contribution < -0.4 is 5.32 Å². The van der Waals surface area contributed by atoms with Crippen molar-refractivity contribution in [2.24, 2.45) is 5.92 Å². The molecule has 0 bridgehead atoms. The third-order valence-electron chi connectivity index (χ3n) is 4.94. The van der Waals surface area contributed by atoms with Crippen LogP contribution in [-0.2, 0) is 16.1 Å². The average molecular weight is 315 g/mol. The van der Waals surface area contributed by atoms with E-state index in [-0.39, 0.29) is 23.7 Å². The fraction of sp³-hybridized carbons (Fsp3) is 0.556. The van der Waals surface area contributed by atoms with Crippen LogP contribution in [0.15, 0.2) is 30.3 Å². The maximum atomic E-state index is 12.6. The molecule has 3 rings (SSSR count). The largest absolute Gasteiger partial charge is 0.339 e. The Kier molecular flexibility index (Phi) is 5.08. The number of rotatable bonds is 4. The first kappa shape index (κ1) is 16.1. The smallest absolute Gasteiger partial charge is 0.239 e. The fourth-order valence-electron chi connectivity index (χ4n) is 3.42. The number of nitrogens with zero attached hydrogens (tertiary/aromatic N) is 2. The van der Waals surface area contributed by atoms with Crippen molar-refractivity contribution in [3.63, 3.8) is 0 Å². The van der Waals surface area contributed by atoms with E-state index in [1.807, 2.05) is 11.0 Å². The minimum atomic E-state index is -0.176. The van der Waals surface area contributed by atoms with Crippen LogP contribution in [0, 0.1) is 5.92 Å². The highest BCUT2D eigenvalue weighted by atomic mass is 16.2. The lowest BCUT2D eigenvalue weighted by molar-refractivity contribution is -0.135. The van der Waals surface area contributed by atoms with Gasteiger partial charge < -0.3 is 10.2 Å². The lowest BCUT2D eigenvalue weighted by Crippen LogP contribution is -2.52. The Morgan fingerprint density at radius 1 is 1.13 bits per heavy atom. The zero-order chi connectivity index (χ0) is 16.2. The van der Waals surface area contributed by atoms with E-state index in [0.717, 1.165) is 32.7 Å². The highest BCUT2D eigenvalue weighted by molar-refractivity contribution is 5.85. The average Bonchev–Trinajstić information content (AvgIpc) is 3.06. The molecule has 0 saturated carbocycles. The molecule has 124 valence electrons. The number of amides is 1. The highest BCUT2D eigenvalue weighted by Crippen LogP contribution is 2.18. The quantitative estimate of drug-likeness (QED) is 0.897. The van der Waals surface area contributed by atoms with Crippen molar-refractivity contribution in [1.29, 1.82) is 0 Å². The summed E-state index contributed by atoms with van der Waals surface area (Å²) in [5.41, 5.74) is 1.31. The van der Waals surface area contributed by atoms with Crippen molar-refractivity contribution in [3.8, 4) is 0 Å². The molecule has 5 heteroatoms. The van der Waals surface area contributed by atoms with E-state index in [0.29, 0.717) is 13.0 Å². The van der Waals surface area contributed by atoms with Gasteiger partial charge in [0.15, 0.2) is 0 Å². The zero-order valence-corrected chi connectivity index (χ0v) is 13.7. The van der Waals surface area contributed by atoms with Crippen molar-refractivity contribution < 1.29 is 9.59 Å². The van der Waals surface area contributed by atoms with Crippen molar-refractivity contribution in [2.45, 2.75) is 25.9 Å². The molecule has 2 saturated heterocycles. The summed E-state index contributed by atoms with van der Waals surface area (Å²) in [6.07, 6.45) is 0.651. The van der Waals surface area contributed by atoms with Crippen LogP contribution in [-0.4, -0.2) is 60.3 Å². The number of piperazine rings is 1. The lowest BCUT2D eigenvalue weighted by atomic mass is 10.0. The second kappa shape index (κ2) is 7.23. The molecule has 23 heavy (non-hydrogen) atoms. The summed E-state index contributed by atoms with van der Waals surface area (Å²) in [7, 11) is 0. The van der Waals surface area contributed by atoms with Gasteiger partial charge in [0.1, 0.15) is 5.78 Å². The molecule has 1 aromatic carbocycles. The van der Waals surface area contributed by atoms with Crippen LogP contribution in [0.5, 0.6) is 0 Å². The molecule has 0 aromatic heterocycles. The maximum Gasteiger partial charge on any atom is 0.239 e. The number of carbonyl (C=O) groups is 2. The normalized spacial score (nSPS) is 25.5. The standard InChI is InChI=1S/C18H25N3O2/c1-14(22)16-11-17(19-12-16)18(23)21-9-7-20(8-10-21)13-15-5-3-2-4-6-15/h2-6,16-17,19H,7-13H2,1H3. The predicted octanol–water partition coefficient (Wildman–Crippen LogP) is 0.898. The number of Topliss-reactive ketones (excluding diaryl/α,β-unsaturated/α-hetero) is 1. The number of carbonyl (C=O) groups excluding carboxylic acids is 2. The molecule has 1 N–H and O–H groups in total. The number of nitrogens with one attached hydrogen (secondary N) is 1. The number of ketones is 1. The summed E-state index contributed by atoms with van der Waals surface area (Å²) >= 11 is 0. The van der Waals surface area contributed by atoms with Crippen LogP contribution in [0.4, 0.5) is 0 Å². The van der Waals surface area contributed by atoms with Crippen LogP contribution in [0.1, 0.15) is 18.9 Å². The fourth-order valence-corrected chi connectivity index (χ4v) is 3.42. The Morgan fingerprint density at radius 2 is 1.83 bits per heavy atom. The Bertz CT molecular complexity index is 553. The van der Waals surface area contributed by atoms with Crippen LogP contribution in [0.2, 0.25) is 0 Å². The molecule has 1 amide bonds. The molecule has 2 heterocycles. The van der Waals surface area contributed by atoms with Gasteiger partial charge in [-0.1, -0.05) is 30.3 Å². The van der Waals surface area contributed by atoms with Crippen LogP contribution in [0.3, 0.4) is 0 Å². The Hall–Kier alpha value is -1.72. The third-order valence-corrected chi connectivity index (χ3v) is 4.94. The lowest BCUT2D eigenvalue weighted by Gasteiger charge is -2.36. The van der Waals surface area contributed by atoms with Crippen molar-refractivity contribution >= 4 is 11.7 Å². The molecule has 0 radical (unpaired) electrons. The van der Waals surface area contributed by atoms with Gasteiger partial charge in [0.2, 0.25) is 5.91 Å². The van der Waals surface area contributed by atoms with Gasteiger partial charge in [-0.2, -0.15) is 0 Å². The van der Waals surface area contributed by atoms with Gasteiger partial charge in [-0.3, -0.25) is 14.5 Å². The molecule has 5 nitrogen and oxygen atoms in total. The first-order chi connectivity index (χ1) is 11.1. The second-order valence-electron chi connectivity index (χ2n) is 6.59. The van der Waals surface area contributed by atoms with Gasteiger partial charge in [0.25, 0.3) is 0 Å². The monoisotopic (exact) mass is 315 g/mol. The zero-order valence-electron chi connectivity index (χ0n) is 13.7. The Labute approximate surface area is 137 Å². The molecule has 1 aromatic rings. The molecule has 0 spiro atoms. The topological polar surface area (TPSA) is 52.7 Å². The molecule has 2 unspecified atom stereocenters. The summed E-state index contributed by atoms with van der Waals surface area (Å²) in [6, 6.07) is 10.3. The van der Waals surface area contributed by atoms with E-state index < -0.39 is 0 Å². The maximum absolute atomic E-state index is 12.6. The first-order valence-corrected chi connectivity index (χ1v) is 8.42. The number of benzene rings is 1. The second-order valence-corrected chi connectivity index (χ2v) is 6.59. The SMILES string of the molecule is CC(=O)C1CNC(C(=O)N2CCN(Cc3ccccc3)CC2)C1. The van der Waals surface area contributed by atoms with Crippen molar-refractivity contribution in [3.05, 3.63) is 35.9 Å². The van der Waals surface area contributed by atoms with Crippen molar-refractivity contribution in [2.75, 3.05) is 32.7 Å². The van der Waals surface area contributed by atoms with E-state index in [1.54, 1.807) is 6.92 Å². The molecular formula is C18H25N3O2. The van der Waals surface area contributed by atoms with E-state index in [9.17, 15) is 9.59 Å². The third kappa shape index (κ3) is 3.98. The van der Waals surface area contributed by atoms with E-state index in [4.69, 9.17) is 0 Å². The molecule has 2 aliphatic heterocycles. The Morgan fingerprint density at radius 3 is 2.43 bits per heavy atom. The minimum absolute atomic E-state index is 0.00307. The minimum Gasteiger partial charge on any atom is -0.339 e. The molecular weight excluding hydrogens is 290 g/mol. The van der Waals surface area contributed by atoms with Gasteiger partial charge in [-0.15, -0.1) is 0 Å². The van der Waals surface area contributed by atoms with Gasteiger partial charge >= 0.3 is 0 Å². The summed E-state index contributed by atoms with van der Waals surface area (Å²) in [4.78, 5) is 28.3. The highest BCUT2D eigenvalue weighted by Gasteiger charge is 2.35. The van der Waals surface area contributed by atoms with Gasteiger partial charge in [-0.05, 0) is 18.9 Å². The van der Waals surface area contributed by atoms with Gasteiger partial charge in [0, 0.05) is 45.2 Å². The van der Waals surface area contributed by atoms with Crippen LogP contribution >= 0.6 is 0 Å². The van der Waals surface area contributed by atoms with Crippen LogP contribution in [0.25, 0.3) is 0 Å². The molecule has 2 atom stereocenters. The van der Waals surface area contributed by atoms with E-state index in [1.165, 1.54) is 5.56 Å². The summed E-state index contributed by atoms with van der Waals surface area (Å²) < 4.78 is 0. The van der Waals surface area contributed by atoms with Gasteiger partial charge in [0.05, 0.1) is 6.04 Å². The summed E-state index contributed by atoms with van der Waals surface area (Å²) in [5.74, 6) is 0.344.